The average molecular weight is 485 g/mol. The maximum Gasteiger partial charge on any atom is 0.411 e. The normalized spacial score (nSPS) is 18.9. The van der Waals surface area contributed by atoms with Gasteiger partial charge in [0.25, 0.3) is 0 Å². The average Bonchev–Trinajstić information content (AvgIpc) is 3.67. The van der Waals surface area contributed by atoms with Gasteiger partial charge in [-0.2, -0.15) is 5.26 Å². The van der Waals surface area contributed by atoms with Crippen LogP contribution >= 0.6 is 0 Å². The van der Waals surface area contributed by atoms with Crippen LogP contribution in [0.15, 0.2) is 42.5 Å². The van der Waals surface area contributed by atoms with Crippen molar-refractivity contribution in [1.82, 2.24) is 4.57 Å². The Hall–Kier alpha value is -3.50. The van der Waals surface area contributed by atoms with Crippen molar-refractivity contribution in [2.24, 2.45) is 5.92 Å². The lowest BCUT2D eigenvalue weighted by Gasteiger charge is -2.31. The number of fused-ring (bicyclic) bond motifs is 1. The van der Waals surface area contributed by atoms with E-state index in [4.69, 9.17) is 9.47 Å². The first-order chi connectivity index (χ1) is 17.6. The van der Waals surface area contributed by atoms with Gasteiger partial charge in [0.2, 0.25) is 0 Å². The number of morpholine rings is 1. The van der Waals surface area contributed by atoms with Crippen molar-refractivity contribution in [3.05, 3.63) is 48.0 Å². The molecule has 2 heterocycles. The van der Waals surface area contributed by atoms with Crippen molar-refractivity contribution >= 4 is 28.4 Å². The summed E-state index contributed by atoms with van der Waals surface area (Å²) in [5.74, 6) is 0.500. The van der Waals surface area contributed by atoms with Gasteiger partial charge in [0.1, 0.15) is 12.2 Å². The van der Waals surface area contributed by atoms with E-state index in [1.165, 1.54) is 6.42 Å². The quantitative estimate of drug-likeness (QED) is 0.458. The molecule has 1 N–H and O–H groups in total. The van der Waals surface area contributed by atoms with E-state index in [9.17, 15) is 10.1 Å². The number of amides is 1. The number of carbonyl (C=O) groups excluding carboxylic acids is 1. The maximum atomic E-state index is 12.3. The Morgan fingerprint density at radius 2 is 1.86 bits per heavy atom. The molecule has 3 aliphatic rings. The molecule has 2 aromatic carbocycles. The highest BCUT2D eigenvalue weighted by atomic mass is 16.6. The van der Waals surface area contributed by atoms with Gasteiger partial charge >= 0.3 is 6.09 Å². The summed E-state index contributed by atoms with van der Waals surface area (Å²) in [6, 6.07) is 17.2. The van der Waals surface area contributed by atoms with Crippen LogP contribution < -0.4 is 10.2 Å². The molecule has 3 aromatic rings. The number of carbonyl (C=O) groups is 1. The van der Waals surface area contributed by atoms with Gasteiger partial charge in [-0.25, -0.2) is 4.79 Å². The Labute approximate surface area is 211 Å². The summed E-state index contributed by atoms with van der Waals surface area (Å²) in [6.07, 6.45) is 5.25. The van der Waals surface area contributed by atoms with E-state index in [2.05, 4.69) is 39.1 Å². The number of nitrogens with one attached hydrogen (secondary N) is 1. The summed E-state index contributed by atoms with van der Waals surface area (Å²) in [4.78, 5) is 14.6. The maximum absolute atomic E-state index is 12.3. The van der Waals surface area contributed by atoms with Crippen molar-refractivity contribution in [1.29, 1.82) is 5.26 Å². The van der Waals surface area contributed by atoms with Crippen LogP contribution in [0.25, 0.3) is 22.2 Å². The first-order valence-electron chi connectivity index (χ1n) is 13.1. The minimum Gasteiger partial charge on any atom is -0.446 e. The number of rotatable bonds is 6. The second-order valence-electron chi connectivity index (χ2n) is 10.2. The van der Waals surface area contributed by atoms with Crippen LogP contribution in [-0.2, 0) is 9.47 Å². The SMILES string of the molecule is C[C@@H](OC(=O)Nc1ccc(-c2c(C#N)c3cc(N4CCOCC4)ccc3n2C2CCC2)cc1)C1CC1. The van der Waals surface area contributed by atoms with Crippen molar-refractivity contribution in [2.75, 3.05) is 36.5 Å². The smallest absolute Gasteiger partial charge is 0.411 e. The Bertz CT molecular complexity index is 1310. The third kappa shape index (κ3) is 4.31. The van der Waals surface area contributed by atoms with Gasteiger partial charge in [0.05, 0.1) is 30.0 Å². The van der Waals surface area contributed by atoms with Gasteiger partial charge in [0, 0.05) is 35.9 Å². The number of hydrogen-bond donors (Lipinski definition) is 1. The van der Waals surface area contributed by atoms with Crippen molar-refractivity contribution in [3.8, 4) is 17.3 Å². The first kappa shape index (κ1) is 22.9. The number of anilines is 2. The highest BCUT2D eigenvalue weighted by Gasteiger charge is 2.31. The fraction of sp³-hybridized carbons (Fsp3) is 0.448. The zero-order chi connectivity index (χ0) is 24.6. The Morgan fingerprint density at radius 3 is 2.50 bits per heavy atom. The second-order valence-corrected chi connectivity index (χ2v) is 10.2. The van der Waals surface area contributed by atoms with Crippen LogP contribution in [0.2, 0.25) is 0 Å². The highest BCUT2D eigenvalue weighted by molar-refractivity contribution is 5.97. The van der Waals surface area contributed by atoms with Crippen molar-refractivity contribution in [2.45, 2.75) is 51.2 Å². The highest BCUT2D eigenvalue weighted by Crippen LogP contribution is 2.43. The van der Waals surface area contributed by atoms with Crippen LogP contribution in [0.1, 0.15) is 50.6 Å². The predicted octanol–water partition coefficient (Wildman–Crippen LogP) is 6.09. The van der Waals surface area contributed by atoms with E-state index in [0.717, 1.165) is 79.8 Å². The van der Waals surface area contributed by atoms with Crippen molar-refractivity contribution < 1.29 is 14.3 Å². The Morgan fingerprint density at radius 1 is 1.11 bits per heavy atom. The van der Waals surface area contributed by atoms with Crippen LogP contribution in [0, 0.1) is 17.2 Å². The van der Waals surface area contributed by atoms with Gasteiger partial charge in [0.15, 0.2) is 0 Å². The minimum atomic E-state index is -0.418. The standard InChI is InChI=1S/C29H32N4O3/c1-19(20-5-6-20)36-29(34)31-22-9-7-21(8-10-22)28-26(18-30)25-17-24(32-13-15-35-16-14-32)11-12-27(25)33(28)23-3-2-4-23/h7-12,17,19-20,23H,2-6,13-16H2,1H3,(H,31,34)/t19-/m1/s1. The number of aromatic nitrogens is 1. The van der Waals surface area contributed by atoms with E-state index in [-0.39, 0.29) is 6.10 Å². The van der Waals surface area contributed by atoms with Crippen LogP contribution in [0.5, 0.6) is 0 Å². The summed E-state index contributed by atoms with van der Waals surface area (Å²) in [7, 11) is 0. The van der Waals surface area contributed by atoms with E-state index < -0.39 is 6.09 Å². The molecule has 1 aliphatic heterocycles. The number of ether oxygens (including phenoxy) is 2. The molecule has 0 radical (unpaired) electrons. The van der Waals surface area contributed by atoms with Gasteiger partial charge in [-0.15, -0.1) is 0 Å². The molecule has 186 valence electrons. The molecule has 2 saturated carbocycles. The molecule has 1 saturated heterocycles. The lowest BCUT2D eigenvalue weighted by atomic mass is 9.92. The number of nitrogens with zero attached hydrogens (tertiary/aromatic N) is 3. The predicted molar refractivity (Wildman–Crippen MR) is 140 cm³/mol. The van der Waals surface area contributed by atoms with Gasteiger partial charge in [-0.05, 0) is 80.8 Å². The molecule has 0 bridgehead atoms. The molecule has 7 nitrogen and oxygen atoms in total. The lowest BCUT2D eigenvalue weighted by molar-refractivity contribution is 0.108. The largest absolute Gasteiger partial charge is 0.446 e. The second kappa shape index (κ2) is 9.51. The van der Waals surface area contributed by atoms with Crippen LogP contribution in [0.3, 0.4) is 0 Å². The van der Waals surface area contributed by atoms with E-state index in [1.54, 1.807) is 0 Å². The van der Waals surface area contributed by atoms with E-state index in [0.29, 0.717) is 23.2 Å². The Balaban J connectivity index is 1.33. The molecular formula is C29H32N4O3. The fourth-order valence-electron chi connectivity index (χ4n) is 5.43. The van der Waals surface area contributed by atoms with Crippen LogP contribution in [0.4, 0.5) is 16.2 Å². The molecule has 6 rings (SSSR count). The number of hydrogen-bond acceptors (Lipinski definition) is 5. The molecule has 7 heteroatoms. The summed E-state index contributed by atoms with van der Waals surface area (Å²) < 4.78 is 13.4. The number of benzene rings is 2. The topological polar surface area (TPSA) is 79.5 Å². The molecule has 0 unspecified atom stereocenters. The third-order valence-electron chi connectivity index (χ3n) is 7.90. The summed E-state index contributed by atoms with van der Waals surface area (Å²) in [6.45, 7) is 5.13. The molecule has 36 heavy (non-hydrogen) atoms. The lowest BCUT2D eigenvalue weighted by Crippen LogP contribution is -2.36. The molecular weight excluding hydrogens is 452 g/mol. The summed E-state index contributed by atoms with van der Waals surface area (Å²) in [5.41, 5.74) is 5.60. The summed E-state index contributed by atoms with van der Waals surface area (Å²) >= 11 is 0. The molecule has 1 amide bonds. The molecule has 1 atom stereocenters. The third-order valence-corrected chi connectivity index (χ3v) is 7.90. The molecule has 3 fully saturated rings. The first-order valence-corrected chi connectivity index (χ1v) is 13.1. The zero-order valence-electron chi connectivity index (χ0n) is 20.7. The zero-order valence-corrected chi connectivity index (χ0v) is 20.7. The molecule has 0 spiro atoms. The van der Waals surface area contributed by atoms with Gasteiger partial charge < -0.3 is 18.9 Å². The Kier molecular flexibility index (Phi) is 6.06. The van der Waals surface area contributed by atoms with E-state index >= 15 is 0 Å². The minimum absolute atomic E-state index is 0.0528. The molecule has 1 aromatic heterocycles. The van der Waals surface area contributed by atoms with Crippen molar-refractivity contribution in [3.63, 3.8) is 0 Å². The van der Waals surface area contributed by atoms with Gasteiger partial charge in [-0.3, -0.25) is 5.32 Å². The molecule has 2 aliphatic carbocycles. The van der Waals surface area contributed by atoms with Crippen LogP contribution in [-0.4, -0.2) is 43.1 Å². The van der Waals surface area contributed by atoms with E-state index in [1.807, 2.05) is 31.2 Å². The monoisotopic (exact) mass is 484 g/mol. The van der Waals surface area contributed by atoms with Gasteiger partial charge in [-0.1, -0.05) is 12.1 Å². The number of nitriles is 1. The fourth-order valence-corrected chi connectivity index (χ4v) is 5.43. The summed E-state index contributed by atoms with van der Waals surface area (Å²) in [5, 5.41) is 14.1.